The van der Waals surface area contributed by atoms with Crippen LogP contribution in [0.25, 0.3) is 20.2 Å². The lowest BCUT2D eigenvalue weighted by molar-refractivity contribution is -0.115. The molecule has 58 heavy (non-hydrogen) atoms. The van der Waals surface area contributed by atoms with E-state index in [1.807, 2.05) is 12.1 Å². The Balaban J connectivity index is 0.000000171. The first-order valence-corrected chi connectivity index (χ1v) is 21.5. The fourth-order valence-electron chi connectivity index (χ4n) is 8.11. The minimum Gasteiger partial charge on any atom is -0.412 e. The molecule has 0 unspecified atom stereocenters. The predicted molar refractivity (Wildman–Crippen MR) is 242 cm³/mol. The van der Waals surface area contributed by atoms with Crippen molar-refractivity contribution in [3.8, 4) is 0 Å². The zero-order chi connectivity index (χ0) is 38.2. The molecule has 6 heterocycles. The highest BCUT2D eigenvalue weighted by Crippen LogP contribution is 2.34. The lowest BCUT2D eigenvalue weighted by Crippen LogP contribution is -2.47. The normalized spacial score (nSPS) is 16.6. The molecule has 0 atom stereocenters. The van der Waals surface area contributed by atoms with Crippen LogP contribution in [0, 0.1) is 0 Å². The number of carbonyl (C=O) groups excluding carboxylic acids is 2. The molecular weight excluding hydrogens is 835 g/mol. The Labute approximate surface area is 361 Å². The van der Waals surface area contributed by atoms with Crippen LogP contribution >= 0.6 is 58.7 Å². The van der Waals surface area contributed by atoms with Crippen LogP contribution in [0.1, 0.15) is 22.3 Å². The summed E-state index contributed by atoms with van der Waals surface area (Å²) in [6.07, 6.45) is 2.72. The van der Waals surface area contributed by atoms with Gasteiger partial charge in [0.1, 0.15) is 11.6 Å². The van der Waals surface area contributed by atoms with E-state index in [-0.39, 0.29) is 29.7 Å². The van der Waals surface area contributed by atoms with Crippen LogP contribution in [0.5, 0.6) is 0 Å². The average molecular weight is 880 g/mol. The maximum absolute atomic E-state index is 11.6. The van der Waals surface area contributed by atoms with Crippen LogP contribution in [0.2, 0.25) is 10.0 Å². The molecule has 0 spiro atoms. The van der Waals surface area contributed by atoms with E-state index in [9.17, 15) is 9.59 Å². The molecule has 0 saturated carbocycles. The summed E-state index contributed by atoms with van der Waals surface area (Å²) in [4.78, 5) is 32.9. The summed E-state index contributed by atoms with van der Waals surface area (Å²) in [5.41, 5.74) is 6.11. The fraction of sp³-hybridized carbons (Fsp3) is 0.333. The van der Waals surface area contributed by atoms with Gasteiger partial charge in [0.2, 0.25) is 11.8 Å². The summed E-state index contributed by atoms with van der Waals surface area (Å²) in [7, 11) is 0. The molecule has 10 rings (SSSR count). The van der Waals surface area contributed by atoms with Crippen molar-refractivity contribution >= 4 is 114 Å². The van der Waals surface area contributed by atoms with Crippen molar-refractivity contribution in [2.45, 2.75) is 25.7 Å². The standard InChI is InChI=1S/2C21H21ClN4OS.ClH.H2O/c2*22-17-13-18-15(12-20(27)23-18)11-14(17)5-6-25-7-9-26(10-8-25)21-16-3-1-2-4-19(16)28-24-21;;/h2*1-4,11,13H,5-10,12H2,(H,23,27);1H;1H2. The van der Waals surface area contributed by atoms with Crippen molar-refractivity contribution in [3.63, 3.8) is 0 Å². The number of hydrogen-bond donors (Lipinski definition) is 2. The SMILES string of the molecule is Cl.O.O=C1Cc2cc(CCN3CCN(c4nsc5ccccc45)CC3)c(Cl)cc2N1.O=C1Cc2cc(CCN3CCN(c4nsc5ccccc45)CC3)c(Cl)cc2N1. The number of nitrogens with one attached hydrogen (secondary N) is 2. The third-order valence-electron chi connectivity index (χ3n) is 11.2. The van der Waals surface area contributed by atoms with Gasteiger partial charge in [0.25, 0.3) is 0 Å². The molecule has 4 N–H and O–H groups in total. The van der Waals surface area contributed by atoms with Crippen LogP contribution < -0.4 is 20.4 Å². The molecule has 0 aliphatic carbocycles. The summed E-state index contributed by atoms with van der Waals surface area (Å²) >= 11 is 16.0. The summed E-state index contributed by atoms with van der Waals surface area (Å²) in [5, 5.41) is 9.72. The highest BCUT2D eigenvalue weighted by Gasteiger charge is 2.25. The van der Waals surface area contributed by atoms with Crippen LogP contribution in [0.4, 0.5) is 23.0 Å². The van der Waals surface area contributed by atoms with E-state index < -0.39 is 0 Å². The second-order valence-corrected chi connectivity index (χ2v) is 17.2. The number of fused-ring (bicyclic) bond motifs is 4. The number of rotatable bonds is 8. The number of piperazine rings is 2. The minimum atomic E-state index is 0. The molecule has 0 radical (unpaired) electrons. The Bertz CT molecular complexity index is 2260. The van der Waals surface area contributed by atoms with Gasteiger partial charge in [-0.15, -0.1) is 12.4 Å². The Kier molecular flexibility index (Phi) is 13.4. The highest BCUT2D eigenvalue weighted by molar-refractivity contribution is 7.14. The van der Waals surface area contributed by atoms with Crippen molar-refractivity contribution in [1.29, 1.82) is 0 Å². The molecule has 4 aliphatic heterocycles. The zero-order valence-electron chi connectivity index (χ0n) is 31.8. The van der Waals surface area contributed by atoms with Crippen molar-refractivity contribution < 1.29 is 15.1 Å². The molecule has 16 heteroatoms. The second kappa shape index (κ2) is 18.5. The largest absolute Gasteiger partial charge is 0.412 e. The van der Waals surface area contributed by atoms with Gasteiger partial charge >= 0.3 is 0 Å². The molecule has 0 bridgehead atoms. The Morgan fingerprint density at radius 3 is 1.40 bits per heavy atom. The van der Waals surface area contributed by atoms with E-state index in [2.05, 4.69) is 99.6 Å². The van der Waals surface area contributed by atoms with Crippen LogP contribution in [-0.2, 0) is 35.3 Å². The van der Waals surface area contributed by atoms with Crippen LogP contribution in [0.3, 0.4) is 0 Å². The molecule has 11 nitrogen and oxygen atoms in total. The van der Waals surface area contributed by atoms with E-state index in [0.717, 1.165) is 134 Å². The molecular formula is C42H45Cl3N8O3S2. The monoisotopic (exact) mass is 878 g/mol. The van der Waals surface area contributed by atoms with Crippen LogP contribution in [-0.4, -0.2) is 101 Å². The number of hydrogen-bond acceptors (Lipinski definition) is 10. The van der Waals surface area contributed by atoms with Gasteiger partial charge in [-0.05, 0) is 94.6 Å². The number of aromatic nitrogens is 2. The number of amides is 2. The van der Waals surface area contributed by atoms with Crippen LogP contribution in [0.15, 0.2) is 72.8 Å². The van der Waals surface area contributed by atoms with Gasteiger partial charge in [-0.25, -0.2) is 0 Å². The Hall–Kier alpha value is -4.05. The number of halogens is 3. The quantitative estimate of drug-likeness (QED) is 0.164. The third-order valence-corrected chi connectivity index (χ3v) is 13.6. The number of benzene rings is 4. The van der Waals surface area contributed by atoms with Gasteiger partial charge < -0.3 is 25.9 Å². The lowest BCUT2D eigenvalue weighted by atomic mass is 10.1. The maximum Gasteiger partial charge on any atom is 0.228 e. The Morgan fingerprint density at radius 1 is 0.586 bits per heavy atom. The van der Waals surface area contributed by atoms with Crippen molar-refractivity contribution in [2.24, 2.45) is 0 Å². The molecule has 304 valence electrons. The van der Waals surface area contributed by atoms with E-state index in [1.54, 1.807) is 23.1 Å². The molecule has 6 aromatic rings. The molecule has 2 saturated heterocycles. The van der Waals surface area contributed by atoms with E-state index in [0.29, 0.717) is 12.8 Å². The number of carbonyl (C=O) groups is 2. The third kappa shape index (κ3) is 9.07. The first kappa shape index (κ1) is 42.1. The minimum absolute atomic E-state index is 0. The number of anilines is 4. The van der Waals surface area contributed by atoms with E-state index >= 15 is 0 Å². The molecule has 4 aromatic carbocycles. The molecule has 4 aliphatic rings. The van der Waals surface area contributed by atoms with Gasteiger partial charge in [-0.1, -0.05) is 59.6 Å². The van der Waals surface area contributed by atoms with Gasteiger partial charge in [-0.2, -0.15) is 8.75 Å². The summed E-state index contributed by atoms with van der Waals surface area (Å²) in [5.74, 6) is 2.35. The van der Waals surface area contributed by atoms with Crippen molar-refractivity contribution in [1.82, 2.24) is 18.5 Å². The second-order valence-electron chi connectivity index (χ2n) is 14.8. The summed E-state index contributed by atoms with van der Waals surface area (Å²) < 4.78 is 11.9. The first-order chi connectivity index (χ1) is 27.3. The van der Waals surface area contributed by atoms with Gasteiger partial charge in [0.05, 0.1) is 22.2 Å². The molecule has 2 aromatic heterocycles. The highest BCUT2D eigenvalue weighted by atomic mass is 35.5. The number of nitrogens with zero attached hydrogens (tertiary/aromatic N) is 6. The van der Waals surface area contributed by atoms with Gasteiger partial charge in [0, 0.05) is 97.6 Å². The summed E-state index contributed by atoms with van der Waals surface area (Å²) in [6, 6.07) is 24.9. The smallest absolute Gasteiger partial charge is 0.228 e. The van der Waals surface area contributed by atoms with E-state index in [4.69, 9.17) is 23.2 Å². The Morgan fingerprint density at radius 2 is 0.983 bits per heavy atom. The van der Waals surface area contributed by atoms with Gasteiger partial charge in [0.15, 0.2) is 0 Å². The summed E-state index contributed by atoms with van der Waals surface area (Å²) in [6.45, 7) is 10.0. The topological polar surface area (TPSA) is 128 Å². The average Bonchev–Trinajstić information content (AvgIpc) is 4.01. The predicted octanol–water partition coefficient (Wildman–Crippen LogP) is 7.22. The van der Waals surface area contributed by atoms with Crippen molar-refractivity contribution in [2.75, 3.05) is 85.9 Å². The van der Waals surface area contributed by atoms with Crippen molar-refractivity contribution in [3.05, 3.63) is 105 Å². The lowest BCUT2D eigenvalue weighted by Gasteiger charge is -2.35. The first-order valence-electron chi connectivity index (χ1n) is 19.2. The van der Waals surface area contributed by atoms with E-state index in [1.165, 1.54) is 20.2 Å². The molecule has 2 amide bonds. The fourth-order valence-corrected chi connectivity index (χ4v) is 10.2. The zero-order valence-corrected chi connectivity index (χ0v) is 35.8. The van der Waals surface area contributed by atoms with Gasteiger partial charge in [-0.3, -0.25) is 19.4 Å². The maximum atomic E-state index is 11.6. The molecule has 2 fully saturated rings.